The summed E-state index contributed by atoms with van der Waals surface area (Å²) in [5.41, 5.74) is 1.73. The van der Waals surface area contributed by atoms with E-state index in [1.54, 1.807) is 43.5 Å². The van der Waals surface area contributed by atoms with Gasteiger partial charge in [-0.25, -0.2) is 4.79 Å². The van der Waals surface area contributed by atoms with E-state index in [0.717, 1.165) is 24.8 Å². The van der Waals surface area contributed by atoms with Gasteiger partial charge < -0.3 is 14.2 Å². The average Bonchev–Trinajstić information content (AvgIpc) is 2.84. The Morgan fingerprint density at radius 3 is 2.17 bits per heavy atom. The van der Waals surface area contributed by atoms with Crippen LogP contribution < -0.4 is 9.47 Å². The van der Waals surface area contributed by atoms with Crippen molar-refractivity contribution in [1.29, 1.82) is 0 Å². The molecule has 0 saturated heterocycles. The van der Waals surface area contributed by atoms with Crippen LogP contribution in [0.3, 0.4) is 0 Å². The number of ether oxygens (including phenoxy) is 3. The van der Waals surface area contributed by atoms with Crippen molar-refractivity contribution in [2.24, 2.45) is 28.2 Å². The van der Waals surface area contributed by atoms with E-state index in [1.165, 1.54) is 19.3 Å². The highest BCUT2D eigenvalue weighted by molar-refractivity contribution is 5.90. The Kier molecular flexibility index (Phi) is 6.63. The Morgan fingerprint density at radius 1 is 0.914 bits per heavy atom. The van der Waals surface area contributed by atoms with E-state index in [1.807, 2.05) is 19.1 Å². The van der Waals surface area contributed by atoms with Crippen molar-refractivity contribution in [2.45, 2.75) is 52.4 Å². The molecule has 0 radical (unpaired) electrons. The maximum absolute atomic E-state index is 13.4. The van der Waals surface area contributed by atoms with Crippen LogP contribution in [0.15, 0.2) is 47.5 Å². The fraction of sp³-hybridized carbons (Fsp3) is 0.483. The van der Waals surface area contributed by atoms with E-state index in [4.69, 9.17) is 14.2 Å². The van der Waals surface area contributed by atoms with Crippen molar-refractivity contribution in [3.8, 4) is 11.5 Å². The summed E-state index contributed by atoms with van der Waals surface area (Å²) >= 11 is 0. The summed E-state index contributed by atoms with van der Waals surface area (Å²) in [5.74, 6) is 2.65. The molecular formula is C29H33NO5. The number of hydrogen-bond acceptors (Lipinski definition) is 6. The molecule has 4 aliphatic rings. The molecule has 2 aromatic rings. The predicted octanol–water partition coefficient (Wildman–Crippen LogP) is 6.13. The lowest BCUT2D eigenvalue weighted by molar-refractivity contribution is -0.161. The van der Waals surface area contributed by atoms with Gasteiger partial charge in [0.25, 0.3) is 0 Å². The lowest BCUT2D eigenvalue weighted by atomic mass is 9.49. The summed E-state index contributed by atoms with van der Waals surface area (Å²) in [7, 11) is 0. The van der Waals surface area contributed by atoms with Crippen LogP contribution in [0.1, 0.15) is 68.3 Å². The van der Waals surface area contributed by atoms with E-state index in [9.17, 15) is 9.59 Å². The van der Waals surface area contributed by atoms with Crippen molar-refractivity contribution in [2.75, 3.05) is 13.2 Å². The van der Waals surface area contributed by atoms with Gasteiger partial charge in [-0.05, 0) is 118 Å². The zero-order valence-corrected chi connectivity index (χ0v) is 20.5. The number of nitrogens with zero attached hydrogens (tertiary/aromatic N) is 1. The lowest BCUT2D eigenvalue weighted by Gasteiger charge is -2.55. The second-order valence-electron chi connectivity index (χ2n) is 10.3. The van der Waals surface area contributed by atoms with Gasteiger partial charge in [0, 0.05) is 6.21 Å². The minimum atomic E-state index is -0.344. The molecule has 184 valence electrons. The quantitative estimate of drug-likeness (QED) is 0.261. The Labute approximate surface area is 206 Å². The first kappa shape index (κ1) is 23.6. The molecular weight excluding hydrogens is 442 g/mol. The number of esters is 2. The van der Waals surface area contributed by atoms with Gasteiger partial charge in [0.15, 0.2) is 11.5 Å². The molecule has 0 N–H and O–H groups in total. The van der Waals surface area contributed by atoms with Crippen molar-refractivity contribution >= 4 is 23.8 Å². The van der Waals surface area contributed by atoms with Gasteiger partial charge >= 0.3 is 11.9 Å². The standard InChI is InChI=1S/C29H33NO5/c1-3-33-26-14-19(18-30-24-8-6-23(7-9-24)27(31)34-4-2)5-10-25(26)35-28(32)29-15-20-11-21(16-29)13-22(12-20)17-29/h5-10,14,18,20-22H,3-4,11-13,15-17H2,1-2H3. The van der Waals surface area contributed by atoms with Gasteiger partial charge in [-0.2, -0.15) is 0 Å². The Balaban J connectivity index is 1.29. The zero-order chi connectivity index (χ0) is 24.4. The number of carbonyl (C=O) groups is 2. The molecule has 4 bridgehead atoms. The molecule has 0 atom stereocenters. The number of carbonyl (C=O) groups excluding carboxylic acids is 2. The molecule has 4 saturated carbocycles. The van der Waals surface area contributed by atoms with E-state index >= 15 is 0 Å². The Hall–Kier alpha value is -3.15. The van der Waals surface area contributed by atoms with Crippen LogP contribution in [0, 0.1) is 23.2 Å². The summed E-state index contributed by atoms with van der Waals surface area (Å²) in [5, 5.41) is 0. The number of aliphatic imine (C=N–C) groups is 1. The van der Waals surface area contributed by atoms with Crippen molar-refractivity contribution < 1.29 is 23.8 Å². The predicted molar refractivity (Wildman–Crippen MR) is 134 cm³/mol. The van der Waals surface area contributed by atoms with Crippen LogP contribution in [0.4, 0.5) is 5.69 Å². The van der Waals surface area contributed by atoms with Crippen molar-refractivity contribution in [1.82, 2.24) is 0 Å². The molecule has 2 aromatic carbocycles. The first-order valence-corrected chi connectivity index (χ1v) is 12.8. The summed E-state index contributed by atoms with van der Waals surface area (Å²) in [4.78, 5) is 29.7. The van der Waals surface area contributed by atoms with Gasteiger partial charge in [-0.15, -0.1) is 0 Å². The largest absolute Gasteiger partial charge is 0.490 e. The number of rotatable bonds is 8. The molecule has 35 heavy (non-hydrogen) atoms. The normalized spacial score (nSPS) is 26.6. The average molecular weight is 476 g/mol. The van der Waals surface area contributed by atoms with Crippen LogP contribution in [-0.2, 0) is 9.53 Å². The van der Waals surface area contributed by atoms with Gasteiger partial charge in [-0.1, -0.05) is 0 Å². The molecule has 0 aliphatic heterocycles. The maximum Gasteiger partial charge on any atom is 0.338 e. The molecule has 6 rings (SSSR count). The molecule has 4 fully saturated rings. The maximum atomic E-state index is 13.4. The SMILES string of the molecule is CCOC(=O)c1ccc(N=Cc2ccc(OC(=O)C34CC5CC(CC(C5)C3)C4)c(OCC)c2)cc1. The first-order valence-electron chi connectivity index (χ1n) is 12.8. The van der Waals surface area contributed by atoms with E-state index < -0.39 is 0 Å². The highest BCUT2D eigenvalue weighted by Crippen LogP contribution is 2.60. The smallest absolute Gasteiger partial charge is 0.338 e. The van der Waals surface area contributed by atoms with Crippen LogP contribution in [-0.4, -0.2) is 31.4 Å². The Bertz CT molecular complexity index is 1090. The molecule has 0 heterocycles. The second kappa shape index (κ2) is 9.84. The molecule has 0 unspecified atom stereocenters. The fourth-order valence-corrected chi connectivity index (χ4v) is 6.57. The van der Waals surface area contributed by atoms with Crippen LogP contribution in [0.25, 0.3) is 0 Å². The number of hydrogen-bond donors (Lipinski definition) is 0. The fourth-order valence-electron chi connectivity index (χ4n) is 6.57. The molecule has 6 heteroatoms. The molecule has 0 spiro atoms. The van der Waals surface area contributed by atoms with Crippen LogP contribution in [0.5, 0.6) is 11.5 Å². The van der Waals surface area contributed by atoms with Crippen molar-refractivity contribution in [3.63, 3.8) is 0 Å². The molecule has 6 nitrogen and oxygen atoms in total. The highest BCUT2D eigenvalue weighted by Gasteiger charge is 2.55. The third kappa shape index (κ3) is 4.97. The summed E-state index contributed by atoms with van der Waals surface area (Å²) < 4.78 is 16.8. The minimum absolute atomic E-state index is 0.0827. The molecule has 0 amide bonds. The van der Waals surface area contributed by atoms with Crippen LogP contribution in [0.2, 0.25) is 0 Å². The van der Waals surface area contributed by atoms with Gasteiger partial charge in [0.05, 0.1) is 29.9 Å². The molecule has 4 aliphatic carbocycles. The summed E-state index contributed by atoms with van der Waals surface area (Å²) in [6.45, 7) is 4.51. The van der Waals surface area contributed by atoms with E-state index in [0.29, 0.717) is 53.7 Å². The first-order chi connectivity index (χ1) is 17.0. The number of benzene rings is 2. The summed E-state index contributed by atoms with van der Waals surface area (Å²) in [6, 6.07) is 12.5. The topological polar surface area (TPSA) is 74.2 Å². The second-order valence-corrected chi connectivity index (χ2v) is 10.3. The third-order valence-corrected chi connectivity index (χ3v) is 7.68. The Morgan fingerprint density at radius 2 is 1.57 bits per heavy atom. The molecule has 0 aromatic heterocycles. The monoisotopic (exact) mass is 475 g/mol. The van der Waals surface area contributed by atoms with Crippen LogP contribution >= 0.6 is 0 Å². The highest BCUT2D eigenvalue weighted by atomic mass is 16.6. The van der Waals surface area contributed by atoms with Gasteiger partial charge in [-0.3, -0.25) is 9.79 Å². The third-order valence-electron chi connectivity index (χ3n) is 7.68. The summed E-state index contributed by atoms with van der Waals surface area (Å²) in [6.07, 6.45) is 8.51. The minimum Gasteiger partial charge on any atom is -0.490 e. The zero-order valence-electron chi connectivity index (χ0n) is 20.5. The van der Waals surface area contributed by atoms with Crippen molar-refractivity contribution in [3.05, 3.63) is 53.6 Å². The lowest BCUT2D eigenvalue weighted by Crippen LogP contribution is -2.51. The van der Waals surface area contributed by atoms with Gasteiger partial charge in [0.1, 0.15) is 0 Å². The van der Waals surface area contributed by atoms with E-state index in [2.05, 4.69) is 4.99 Å². The van der Waals surface area contributed by atoms with Gasteiger partial charge in [0.2, 0.25) is 0 Å². The van der Waals surface area contributed by atoms with E-state index in [-0.39, 0.29) is 17.4 Å².